The Balaban J connectivity index is 1.18. The van der Waals surface area contributed by atoms with E-state index in [1.54, 1.807) is 6.20 Å². The van der Waals surface area contributed by atoms with Crippen LogP contribution in [0.3, 0.4) is 0 Å². The van der Waals surface area contributed by atoms with Crippen molar-refractivity contribution in [1.29, 1.82) is 0 Å². The highest BCUT2D eigenvalue weighted by atomic mass is 16.6. The third kappa shape index (κ3) is 4.58. The minimum atomic E-state index is -0.679. The van der Waals surface area contributed by atoms with Crippen LogP contribution in [0.15, 0.2) is 12.3 Å². The number of ether oxygens (including phenoxy) is 1. The number of hydrogen-bond donors (Lipinski definition) is 2. The molecule has 3 unspecified atom stereocenters. The van der Waals surface area contributed by atoms with Crippen LogP contribution in [0, 0.1) is 11.8 Å². The number of carboxylic acids is 1. The molecule has 1 saturated carbocycles. The average Bonchev–Trinajstić information content (AvgIpc) is 3.16. The van der Waals surface area contributed by atoms with Gasteiger partial charge in [-0.2, -0.15) is 4.98 Å². The van der Waals surface area contributed by atoms with Crippen molar-refractivity contribution in [3.05, 3.63) is 12.3 Å². The highest BCUT2D eigenvalue weighted by Gasteiger charge is 2.50. The first-order valence-corrected chi connectivity index (χ1v) is 12.3. The van der Waals surface area contributed by atoms with E-state index in [0.717, 1.165) is 70.6 Å². The number of nitrogens with zero attached hydrogens (tertiary/aromatic N) is 5. The molecule has 10 nitrogen and oxygen atoms in total. The van der Waals surface area contributed by atoms with Gasteiger partial charge in [-0.1, -0.05) is 6.42 Å². The molecule has 0 bridgehead atoms. The molecule has 1 aromatic rings. The lowest BCUT2D eigenvalue weighted by molar-refractivity contribution is -0.143. The number of anilines is 2. The maximum absolute atomic E-state index is 13.0. The normalized spacial score (nSPS) is 29.7. The fourth-order valence-electron chi connectivity index (χ4n) is 6.24. The topological polar surface area (TPSA) is 125 Å². The predicted molar refractivity (Wildman–Crippen MR) is 122 cm³/mol. The van der Waals surface area contributed by atoms with E-state index in [0.29, 0.717) is 18.8 Å². The van der Waals surface area contributed by atoms with E-state index < -0.39 is 5.97 Å². The summed E-state index contributed by atoms with van der Waals surface area (Å²) in [6.45, 7) is 4.17. The zero-order valence-electron chi connectivity index (χ0n) is 19.0. The molecule has 5 rings (SSSR count). The zero-order valence-corrected chi connectivity index (χ0v) is 19.0. The number of aromatic nitrogens is 2. The summed E-state index contributed by atoms with van der Waals surface area (Å²) >= 11 is 0. The second kappa shape index (κ2) is 9.32. The third-order valence-electron chi connectivity index (χ3n) is 7.99. The lowest BCUT2D eigenvalue weighted by Crippen LogP contribution is -2.52. The van der Waals surface area contributed by atoms with Crippen LogP contribution in [-0.4, -0.2) is 87.8 Å². The van der Waals surface area contributed by atoms with Crippen LogP contribution in [0.4, 0.5) is 16.6 Å². The monoisotopic (exact) mass is 458 g/mol. The number of fused-ring (bicyclic) bond motifs is 1. The first-order valence-electron chi connectivity index (χ1n) is 12.3. The molecule has 1 aliphatic carbocycles. The Labute approximate surface area is 194 Å². The SMILES string of the molecule is Nc1nccc(N2CCC(N3C(=O)OC4C(CN5CCC(C(=O)O)CC5)CCCC43)CC2)n1. The van der Waals surface area contributed by atoms with E-state index in [1.165, 1.54) is 0 Å². The Hall–Kier alpha value is -2.62. The number of carbonyl (C=O) groups excluding carboxylic acids is 1. The number of carboxylic acid groups (broad SMARTS) is 1. The second-order valence-corrected chi connectivity index (χ2v) is 9.92. The van der Waals surface area contributed by atoms with Crippen LogP contribution in [0.1, 0.15) is 44.9 Å². The average molecular weight is 459 g/mol. The van der Waals surface area contributed by atoms with Crippen LogP contribution < -0.4 is 10.6 Å². The predicted octanol–water partition coefficient (Wildman–Crippen LogP) is 1.81. The first-order chi connectivity index (χ1) is 16.0. The molecule has 0 aromatic carbocycles. The Morgan fingerprint density at radius 2 is 1.88 bits per heavy atom. The molecule has 10 heteroatoms. The molecule has 4 heterocycles. The Morgan fingerprint density at radius 3 is 2.58 bits per heavy atom. The lowest BCUT2D eigenvalue weighted by Gasteiger charge is -2.42. The molecule has 180 valence electrons. The molecule has 0 spiro atoms. The summed E-state index contributed by atoms with van der Waals surface area (Å²) in [5, 5.41) is 9.25. The van der Waals surface area contributed by atoms with E-state index in [-0.39, 0.29) is 36.1 Å². The summed E-state index contributed by atoms with van der Waals surface area (Å²) in [6.07, 6.45) is 7.81. The minimum Gasteiger partial charge on any atom is -0.481 e. The second-order valence-electron chi connectivity index (χ2n) is 9.92. The van der Waals surface area contributed by atoms with Gasteiger partial charge in [0.15, 0.2) is 0 Å². The Morgan fingerprint density at radius 1 is 1.12 bits per heavy atom. The Kier molecular flexibility index (Phi) is 6.27. The van der Waals surface area contributed by atoms with Crippen molar-refractivity contribution in [2.24, 2.45) is 11.8 Å². The number of likely N-dealkylation sites (tertiary alicyclic amines) is 1. The van der Waals surface area contributed by atoms with E-state index in [2.05, 4.69) is 19.8 Å². The van der Waals surface area contributed by atoms with Crippen molar-refractivity contribution >= 4 is 23.8 Å². The van der Waals surface area contributed by atoms with Crippen molar-refractivity contribution < 1.29 is 19.4 Å². The molecule has 4 fully saturated rings. The standard InChI is InChI=1S/C23H34N6O4/c24-22-25-9-4-19(26-22)28-12-7-17(8-13-28)29-18-3-1-2-16(20(18)33-23(29)32)14-27-10-5-15(6-11-27)21(30)31/h4,9,15-18,20H,1-3,5-8,10-14H2,(H,30,31)(H2,24,25,26). The summed E-state index contributed by atoms with van der Waals surface area (Å²) < 4.78 is 5.99. The van der Waals surface area contributed by atoms with Gasteiger partial charge in [-0.25, -0.2) is 9.78 Å². The molecule has 33 heavy (non-hydrogen) atoms. The van der Waals surface area contributed by atoms with Crippen molar-refractivity contribution in [1.82, 2.24) is 19.8 Å². The van der Waals surface area contributed by atoms with Crippen LogP contribution in [0.25, 0.3) is 0 Å². The maximum atomic E-state index is 13.0. The molecule has 3 saturated heterocycles. The quantitative estimate of drug-likeness (QED) is 0.679. The van der Waals surface area contributed by atoms with Gasteiger partial charge in [0, 0.05) is 37.8 Å². The van der Waals surface area contributed by atoms with Crippen molar-refractivity contribution in [3.63, 3.8) is 0 Å². The summed E-state index contributed by atoms with van der Waals surface area (Å²) in [6, 6.07) is 2.22. The van der Waals surface area contributed by atoms with Crippen molar-refractivity contribution in [3.8, 4) is 0 Å². The summed E-state index contributed by atoms with van der Waals surface area (Å²) in [5.41, 5.74) is 5.74. The van der Waals surface area contributed by atoms with Gasteiger partial charge in [0.05, 0.1) is 12.0 Å². The van der Waals surface area contributed by atoms with Crippen LogP contribution in [-0.2, 0) is 9.53 Å². The number of aliphatic carboxylic acids is 1. The number of piperidine rings is 2. The van der Waals surface area contributed by atoms with Crippen LogP contribution in [0.2, 0.25) is 0 Å². The minimum absolute atomic E-state index is 0.0526. The molecule has 3 N–H and O–H groups in total. The Bertz CT molecular complexity index is 868. The number of nitrogen functional groups attached to an aromatic ring is 1. The molecular formula is C23H34N6O4. The van der Waals surface area contributed by atoms with E-state index >= 15 is 0 Å². The van der Waals surface area contributed by atoms with E-state index in [9.17, 15) is 14.7 Å². The van der Waals surface area contributed by atoms with Crippen LogP contribution in [0.5, 0.6) is 0 Å². The van der Waals surface area contributed by atoms with Gasteiger partial charge in [-0.3, -0.25) is 9.69 Å². The van der Waals surface area contributed by atoms with Gasteiger partial charge >= 0.3 is 12.1 Å². The summed E-state index contributed by atoms with van der Waals surface area (Å²) in [4.78, 5) is 39.1. The molecule has 1 aromatic heterocycles. The molecule has 4 aliphatic rings. The smallest absolute Gasteiger partial charge is 0.410 e. The van der Waals surface area contributed by atoms with Crippen molar-refractivity contribution in [2.45, 2.75) is 63.1 Å². The van der Waals surface area contributed by atoms with Gasteiger partial charge < -0.3 is 25.4 Å². The van der Waals surface area contributed by atoms with Gasteiger partial charge in [0.1, 0.15) is 11.9 Å². The lowest BCUT2D eigenvalue weighted by atomic mass is 9.81. The molecule has 3 aliphatic heterocycles. The number of carbonyl (C=O) groups is 2. The molecule has 1 amide bonds. The van der Waals surface area contributed by atoms with E-state index in [1.807, 2.05) is 11.0 Å². The number of nitrogens with two attached hydrogens (primary N) is 1. The van der Waals surface area contributed by atoms with Gasteiger partial charge in [-0.15, -0.1) is 0 Å². The maximum Gasteiger partial charge on any atom is 0.410 e. The number of amides is 1. The number of hydrogen-bond acceptors (Lipinski definition) is 8. The fourth-order valence-corrected chi connectivity index (χ4v) is 6.24. The third-order valence-corrected chi connectivity index (χ3v) is 7.99. The largest absolute Gasteiger partial charge is 0.481 e. The first kappa shape index (κ1) is 22.2. The fraction of sp³-hybridized carbons (Fsp3) is 0.739. The molecule has 0 radical (unpaired) electrons. The summed E-state index contributed by atoms with van der Waals surface area (Å²) in [7, 11) is 0. The highest BCUT2D eigenvalue weighted by molar-refractivity contribution is 5.71. The van der Waals surface area contributed by atoms with Gasteiger partial charge in [0.2, 0.25) is 5.95 Å². The van der Waals surface area contributed by atoms with Gasteiger partial charge in [-0.05, 0) is 57.7 Å². The van der Waals surface area contributed by atoms with Gasteiger partial charge in [0.25, 0.3) is 0 Å². The highest BCUT2D eigenvalue weighted by Crippen LogP contribution is 2.39. The van der Waals surface area contributed by atoms with Crippen LogP contribution >= 0.6 is 0 Å². The van der Waals surface area contributed by atoms with E-state index in [4.69, 9.17) is 10.5 Å². The zero-order chi connectivity index (χ0) is 22.9. The van der Waals surface area contributed by atoms with Crippen molar-refractivity contribution in [2.75, 3.05) is 43.4 Å². The molecule has 3 atom stereocenters. The molecular weight excluding hydrogens is 424 g/mol. The summed E-state index contributed by atoms with van der Waals surface area (Å²) in [5.74, 6) is 0.545. The number of rotatable bonds is 5.